The number of hydrogen-bond acceptors (Lipinski definition) is 1. The summed E-state index contributed by atoms with van der Waals surface area (Å²) in [4.78, 5) is 0. The lowest BCUT2D eigenvalue weighted by molar-refractivity contribution is -0.113. The van der Waals surface area contributed by atoms with Crippen LogP contribution in [-0.2, 0) is 4.74 Å². The molecule has 1 heteroatoms. The Balaban J connectivity index is 1.78. The molecule has 2 saturated carbocycles. The van der Waals surface area contributed by atoms with Crippen molar-refractivity contribution in [2.24, 2.45) is 5.41 Å². The first-order valence-electron chi connectivity index (χ1n) is 6.43. The Morgan fingerprint density at radius 2 is 1.87 bits per heavy atom. The van der Waals surface area contributed by atoms with Crippen LogP contribution in [0.5, 0.6) is 0 Å². The zero-order valence-electron chi connectivity index (χ0n) is 10.4. The second kappa shape index (κ2) is 4.29. The summed E-state index contributed by atoms with van der Waals surface area (Å²) >= 11 is 0. The fourth-order valence-electron chi connectivity index (χ4n) is 3.19. The van der Waals surface area contributed by atoms with Crippen molar-refractivity contribution in [1.82, 2.24) is 0 Å². The summed E-state index contributed by atoms with van der Waals surface area (Å²) in [5.74, 6) is 0. The molecule has 0 atom stereocenters. The van der Waals surface area contributed by atoms with Crippen LogP contribution < -0.4 is 0 Å². The summed E-state index contributed by atoms with van der Waals surface area (Å²) in [5, 5.41) is 0. The van der Waals surface area contributed by atoms with Crippen molar-refractivity contribution in [1.29, 1.82) is 0 Å². The van der Waals surface area contributed by atoms with Crippen molar-refractivity contribution in [3.05, 3.63) is 11.6 Å². The van der Waals surface area contributed by atoms with Crippen LogP contribution in [0, 0.1) is 5.41 Å². The summed E-state index contributed by atoms with van der Waals surface area (Å²) in [6.45, 7) is 6.46. The Bertz CT molecular complexity index is 234. The quantitative estimate of drug-likeness (QED) is 0.621. The van der Waals surface area contributed by atoms with Crippen molar-refractivity contribution in [2.45, 2.75) is 71.5 Å². The van der Waals surface area contributed by atoms with Crippen molar-refractivity contribution < 1.29 is 4.74 Å². The fourth-order valence-corrected chi connectivity index (χ4v) is 3.19. The van der Waals surface area contributed by atoms with E-state index in [4.69, 9.17) is 4.74 Å². The molecule has 15 heavy (non-hydrogen) atoms. The van der Waals surface area contributed by atoms with E-state index < -0.39 is 0 Å². The second-order valence-electron chi connectivity index (χ2n) is 5.66. The molecule has 2 aliphatic carbocycles. The molecule has 86 valence electrons. The standard InChI is InChI=1S/C14H24O/c1-4-12-5-7-14(8-6-12)9-13(10-14)15-11(2)3/h4,11,13H,5-10H2,1-3H3. The van der Waals surface area contributed by atoms with Gasteiger partial charge < -0.3 is 4.74 Å². The van der Waals surface area contributed by atoms with Crippen molar-refractivity contribution in [2.75, 3.05) is 0 Å². The molecular formula is C14H24O. The summed E-state index contributed by atoms with van der Waals surface area (Å²) < 4.78 is 5.85. The van der Waals surface area contributed by atoms with Crippen LogP contribution in [0.25, 0.3) is 0 Å². The monoisotopic (exact) mass is 208 g/mol. The van der Waals surface area contributed by atoms with Gasteiger partial charge >= 0.3 is 0 Å². The first kappa shape index (κ1) is 11.2. The van der Waals surface area contributed by atoms with E-state index >= 15 is 0 Å². The lowest BCUT2D eigenvalue weighted by Crippen LogP contribution is -2.44. The fraction of sp³-hybridized carbons (Fsp3) is 0.857. The van der Waals surface area contributed by atoms with Gasteiger partial charge in [-0.05, 0) is 64.7 Å². The summed E-state index contributed by atoms with van der Waals surface area (Å²) in [6.07, 6.45) is 11.4. The lowest BCUT2D eigenvalue weighted by atomic mass is 9.58. The first-order valence-corrected chi connectivity index (χ1v) is 6.43. The SMILES string of the molecule is CC=C1CCC2(CC1)CC(OC(C)C)C2. The molecule has 0 aliphatic heterocycles. The second-order valence-corrected chi connectivity index (χ2v) is 5.66. The molecule has 0 aromatic heterocycles. The van der Waals surface area contributed by atoms with E-state index in [1.165, 1.54) is 38.5 Å². The third-order valence-corrected chi connectivity index (χ3v) is 4.15. The van der Waals surface area contributed by atoms with E-state index in [2.05, 4.69) is 26.8 Å². The predicted molar refractivity (Wildman–Crippen MR) is 63.9 cm³/mol. The van der Waals surface area contributed by atoms with Crippen LogP contribution >= 0.6 is 0 Å². The van der Waals surface area contributed by atoms with E-state index in [0.29, 0.717) is 17.6 Å². The molecule has 0 N–H and O–H groups in total. The average Bonchev–Trinajstić information content (AvgIpc) is 2.16. The van der Waals surface area contributed by atoms with E-state index in [-0.39, 0.29) is 0 Å². The maximum atomic E-state index is 5.85. The molecule has 0 saturated heterocycles. The average molecular weight is 208 g/mol. The summed E-state index contributed by atoms with van der Waals surface area (Å²) in [6, 6.07) is 0. The zero-order valence-corrected chi connectivity index (χ0v) is 10.4. The molecule has 0 aromatic rings. The van der Waals surface area contributed by atoms with Crippen molar-refractivity contribution >= 4 is 0 Å². The van der Waals surface area contributed by atoms with Gasteiger partial charge in [-0.2, -0.15) is 0 Å². The predicted octanol–water partition coefficient (Wildman–Crippen LogP) is 4.08. The highest BCUT2D eigenvalue weighted by Crippen LogP contribution is 2.53. The maximum absolute atomic E-state index is 5.85. The van der Waals surface area contributed by atoms with Crippen LogP contribution in [0.2, 0.25) is 0 Å². The Hall–Kier alpha value is -0.300. The molecule has 0 unspecified atom stereocenters. The van der Waals surface area contributed by atoms with Crippen LogP contribution in [0.3, 0.4) is 0 Å². The lowest BCUT2D eigenvalue weighted by Gasteiger charge is -2.50. The van der Waals surface area contributed by atoms with E-state index in [9.17, 15) is 0 Å². The van der Waals surface area contributed by atoms with Gasteiger partial charge in [0.1, 0.15) is 0 Å². The Kier molecular flexibility index (Phi) is 3.20. The van der Waals surface area contributed by atoms with E-state index in [1.54, 1.807) is 5.57 Å². The number of ether oxygens (including phenoxy) is 1. The minimum Gasteiger partial charge on any atom is -0.376 e. The van der Waals surface area contributed by atoms with Crippen LogP contribution in [0.4, 0.5) is 0 Å². The summed E-state index contributed by atoms with van der Waals surface area (Å²) in [5.41, 5.74) is 2.35. The third-order valence-electron chi connectivity index (χ3n) is 4.15. The molecule has 0 heterocycles. The van der Waals surface area contributed by atoms with Crippen LogP contribution in [0.1, 0.15) is 59.3 Å². The van der Waals surface area contributed by atoms with E-state index in [0.717, 1.165) is 0 Å². The number of allylic oxidation sites excluding steroid dienone is 2. The van der Waals surface area contributed by atoms with Gasteiger partial charge in [-0.1, -0.05) is 11.6 Å². The molecule has 2 fully saturated rings. The highest BCUT2D eigenvalue weighted by Gasteiger charge is 2.45. The molecule has 2 rings (SSSR count). The van der Waals surface area contributed by atoms with Crippen molar-refractivity contribution in [3.63, 3.8) is 0 Å². The first-order chi connectivity index (χ1) is 7.13. The zero-order chi connectivity index (χ0) is 10.9. The van der Waals surface area contributed by atoms with Crippen molar-refractivity contribution in [3.8, 4) is 0 Å². The molecule has 1 nitrogen and oxygen atoms in total. The third kappa shape index (κ3) is 2.44. The molecule has 2 aliphatic rings. The van der Waals surface area contributed by atoms with Gasteiger partial charge in [-0.3, -0.25) is 0 Å². The number of hydrogen-bond donors (Lipinski definition) is 0. The minimum atomic E-state index is 0.405. The minimum absolute atomic E-state index is 0.405. The Morgan fingerprint density at radius 1 is 1.27 bits per heavy atom. The van der Waals surface area contributed by atoms with Gasteiger partial charge in [0, 0.05) is 0 Å². The Morgan fingerprint density at radius 3 is 2.33 bits per heavy atom. The van der Waals surface area contributed by atoms with Gasteiger partial charge in [0.15, 0.2) is 0 Å². The Labute approximate surface area is 93.9 Å². The molecule has 1 spiro atoms. The van der Waals surface area contributed by atoms with Gasteiger partial charge in [0.2, 0.25) is 0 Å². The molecule has 0 aromatic carbocycles. The smallest absolute Gasteiger partial charge is 0.0589 e. The molecule has 0 bridgehead atoms. The maximum Gasteiger partial charge on any atom is 0.0589 e. The van der Waals surface area contributed by atoms with Gasteiger partial charge in [0.25, 0.3) is 0 Å². The van der Waals surface area contributed by atoms with Crippen LogP contribution in [-0.4, -0.2) is 12.2 Å². The van der Waals surface area contributed by atoms with Gasteiger partial charge in [-0.15, -0.1) is 0 Å². The normalized spacial score (nSPS) is 35.7. The molecular weight excluding hydrogens is 184 g/mol. The van der Waals surface area contributed by atoms with Gasteiger partial charge in [-0.25, -0.2) is 0 Å². The molecule has 0 amide bonds. The highest BCUT2D eigenvalue weighted by atomic mass is 16.5. The molecule has 0 radical (unpaired) electrons. The van der Waals surface area contributed by atoms with Gasteiger partial charge in [0.05, 0.1) is 12.2 Å². The van der Waals surface area contributed by atoms with E-state index in [1.807, 2.05) is 0 Å². The summed E-state index contributed by atoms with van der Waals surface area (Å²) in [7, 11) is 0. The number of rotatable bonds is 2. The van der Waals surface area contributed by atoms with Crippen LogP contribution in [0.15, 0.2) is 11.6 Å². The highest BCUT2D eigenvalue weighted by molar-refractivity contribution is 5.10. The topological polar surface area (TPSA) is 9.23 Å². The largest absolute Gasteiger partial charge is 0.376 e.